The lowest BCUT2D eigenvalue weighted by molar-refractivity contribution is -0.141. The molecule has 1 aromatic rings. The third kappa shape index (κ3) is 4.00. The molecule has 2 amide bonds. The maximum atomic E-state index is 11.6. The number of carboxylic acids is 1. The van der Waals surface area contributed by atoms with Crippen molar-refractivity contribution < 1.29 is 14.7 Å². The zero-order chi connectivity index (χ0) is 13.8. The Bertz CT molecular complexity index is 428. The Balaban J connectivity index is 2.66. The monoisotopic (exact) mass is 252 g/mol. The summed E-state index contributed by atoms with van der Waals surface area (Å²) >= 11 is 0. The molecule has 0 bridgehead atoms. The van der Waals surface area contributed by atoms with Crippen molar-refractivity contribution in [2.75, 3.05) is 5.32 Å². The highest BCUT2D eigenvalue weighted by molar-refractivity contribution is 5.92. The maximum absolute atomic E-state index is 11.6. The van der Waals surface area contributed by atoms with Crippen LogP contribution in [0.2, 0.25) is 0 Å². The van der Waals surface area contributed by atoms with Crippen molar-refractivity contribution in [2.45, 2.75) is 26.8 Å². The molecule has 1 unspecified atom stereocenters. The second-order valence-corrected chi connectivity index (χ2v) is 4.86. The number of hydrogen-bond acceptors (Lipinski definition) is 4. The summed E-state index contributed by atoms with van der Waals surface area (Å²) < 4.78 is 0. The van der Waals surface area contributed by atoms with E-state index in [4.69, 9.17) is 5.11 Å². The van der Waals surface area contributed by atoms with Gasteiger partial charge in [-0.1, -0.05) is 20.8 Å². The molecule has 1 heterocycles. The van der Waals surface area contributed by atoms with Gasteiger partial charge < -0.3 is 15.7 Å². The largest absolute Gasteiger partial charge is 0.480 e. The van der Waals surface area contributed by atoms with Gasteiger partial charge in [0.05, 0.1) is 18.1 Å². The molecule has 0 aliphatic carbocycles. The van der Waals surface area contributed by atoms with Gasteiger partial charge in [0.1, 0.15) is 12.4 Å². The van der Waals surface area contributed by atoms with E-state index in [0.717, 1.165) is 0 Å². The van der Waals surface area contributed by atoms with Gasteiger partial charge >= 0.3 is 12.0 Å². The molecule has 0 spiro atoms. The Hall–Kier alpha value is -2.18. The van der Waals surface area contributed by atoms with Crippen molar-refractivity contribution in [3.05, 3.63) is 18.7 Å². The number of urea groups is 1. The van der Waals surface area contributed by atoms with Crippen LogP contribution in [0.25, 0.3) is 0 Å². The Morgan fingerprint density at radius 2 is 1.83 bits per heavy atom. The van der Waals surface area contributed by atoms with Crippen LogP contribution >= 0.6 is 0 Å². The van der Waals surface area contributed by atoms with Gasteiger partial charge in [0, 0.05) is 0 Å². The number of nitrogens with one attached hydrogen (secondary N) is 2. The highest BCUT2D eigenvalue weighted by Crippen LogP contribution is 2.19. The van der Waals surface area contributed by atoms with Crippen LogP contribution in [0.5, 0.6) is 0 Å². The SMILES string of the molecule is CC(C)(C)C(NC(=O)Nc1cncnc1)C(=O)O. The molecule has 98 valence electrons. The molecular formula is C11H16N4O3. The molecule has 0 aliphatic rings. The van der Waals surface area contributed by atoms with E-state index in [9.17, 15) is 9.59 Å². The average molecular weight is 252 g/mol. The molecule has 7 nitrogen and oxygen atoms in total. The molecule has 1 rings (SSSR count). The molecule has 0 radical (unpaired) electrons. The lowest BCUT2D eigenvalue weighted by atomic mass is 9.87. The molecule has 0 aliphatic heterocycles. The fourth-order valence-corrected chi connectivity index (χ4v) is 1.31. The summed E-state index contributed by atoms with van der Waals surface area (Å²) in [6.07, 6.45) is 4.16. The number of amides is 2. The van der Waals surface area contributed by atoms with E-state index in [2.05, 4.69) is 20.6 Å². The van der Waals surface area contributed by atoms with Crippen molar-refractivity contribution in [3.63, 3.8) is 0 Å². The number of nitrogens with zero attached hydrogens (tertiary/aromatic N) is 2. The standard InChI is InChI=1S/C11H16N4O3/c1-11(2,3)8(9(16)17)15-10(18)14-7-4-12-6-13-5-7/h4-6,8H,1-3H3,(H,16,17)(H2,14,15,18). The van der Waals surface area contributed by atoms with Crippen LogP contribution < -0.4 is 10.6 Å². The van der Waals surface area contributed by atoms with Gasteiger partial charge in [-0.15, -0.1) is 0 Å². The number of hydrogen-bond donors (Lipinski definition) is 3. The van der Waals surface area contributed by atoms with E-state index in [-0.39, 0.29) is 0 Å². The summed E-state index contributed by atoms with van der Waals surface area (Å²) in [5.41, 5.74) is -0.191. The minimum absolute atomic E-state index is 0.396. The normalized spacial score (nSPS) is 12.6. The van der Waals surface area contributed by atoms with Crippen molar-refractivity contribution in [1.82, 2.24) is 15.3 Å². The maximum Gasteiger partial charge on any atom is 0.326 e. The van der Waals surface area contributed by atoms with Crippen LogP contribution in [0.4, 0.5) is 10.5 Å². The zero-order valence-electron chi connectivity index (χ0n) is 10.5. The zero-order valence-corrected chi connectivity index (χ0v) is 10.5. The molecule has 0 saturated carbocycles. The topological polar surface area (TPSA) is 104 Å². The number of carbonyl (C=O) groups excluding carboxylic acids is 1. The van der Waals surface area contributed by atoms with Crippen molar-refractivity contribution in [1.29, 1.82) is 0 Å². The number of carboxylic acid groups (broad SMARTS) is 1. The van der Waals surface area contributed by atoms with Crippen molar-refractivity contribution in [3.8, 4) is 0 Å². The average Bonchev–Trinajstić information content (AvgIpc) is 2.25. The first-order valence-electron chi connectivity index (χ1n) is 5.36. The fourth-order valence-electron chi connectivity index (χ4n) is 1.31. The summed E-state index contributed by atoms with van der Waals surface area (Å²) in [6.45, 7) is 5.20. The number of aromatic nitrogens is 2. The van der Waals surface area contributed by atoms with Crippen LogP contribution in [0.1, 0.15) is 20.8 Å². The molecular weight excluding hydrogens is 236 g/mol. The van der Waals surface area contributed by atoms with E-state index in [0.29, 0.717) is 5.69 Å². The molecule has 0 fully saturated rings. The second-order valence-electron chi connectivity index (χ2n) is 4.86. The number of rotatable bonds is 3. The molecule has 1 atom stereocenters. The molecule has 1 aromatic heterocycles. The first kappa shape index (κ1) is 13.9. The smallest absolute Gasteiger partial charge is 0.326 e. The Kier molecular flexibility index (Phi) is 4.19. The lowest BCUT2D eigenvalue weighted by Gasteiger charge is -2.27. The molecule has 18 heavy (non-hydrogen) atoms. The molecule has 7 heteroatoms. The Morgan fingerprint density at radius 3 is 2.28 bits per heavy atom. The molecule has 0 saturated heterocycles. The van der Waals surface area contributed by atoms with E-state index in [1.54, 1.807) is 20.8 Å². The van der Waals surface area contributed by atoms with Gasteiger partial charge in [0.2, 0.25) is 0 Å². The minimum atomic E-state index is -1.08. The van der Waals surface area contributed by atoms with E-state index >= 15 is 0 Å². The quantitative estimate of drug-likeness (QED) is 0.747. The molecule has 3 N–H and O–H groups in total. The third-order valence-electron chi connectivity index (χ3n) is 2.21. The van der Waals surface area contributed by atoms with E-state index in [1.807, 2.05) is 0 Å². The number of aliphatic carboxylic acids is 1. The Labute approximate surface area is 105 Å². The first-order valence-corrected chi connectivity index (χ1v) is 5.36. The summed E-state index contributed by atoms with van der Waals surface area (Å²) in [6, 6.07) is -1.59. The van der Waals surface area contributed by atoms with Gasteiger partial charge in [-0.05, 0) is 5.41 Å². The van der Waals surface area contributed by atoms with E-state index < -0.39 is 23.5 Å². The Morgan fingerprint density at radius 1 is 1.28 bits per heavy atom. The van der Waals surface area contributed by atoms with Crippen LogP contribution in [0.15, 0.2) is 18.7 Å². The number of carbonyl (C=O) groups is 2. The summed E-state index contributed by atoms with van der Waals surface area (Å²) in [5, 5.41) is 13.9. The predicted octanol–water partition coefficient (Wildman–Crippen LogP) is 1.10. The summed E-state index contributed by atoms with van der Waals surface area (Å²) in [4.78, 5) is 30.2. The summed E-state index contributed by atoms with van der Waals surface area (Å²) in [5.74, 6) is -1.08. The third-order valence-corrected chi connectivity index (χ3v) is 2.21. The van der Waals surface area contributed by atoms with Gasteiger partial charge in [0.25, 0.3) is 0 Å². The van der Waals surface area contributed by atoms with Crippen LogP contribution in [-0.2, 0) is 4.79 Å². The van der Waals surface area contributed by atoms with Gasteiger partial charge in [-0.25, -0.2) is 19.6 Å². The van der Waals surface area contributed by atoms with Gasteiger partial charge in [-0.3, -0.25) is 0 Å². The molecule has 0 aromatic carbocycles. The van der Waals surface area contributed by atoms with Crippen molar-refractivity contribution in [2.24, 2.45) is 5.41 Å². The summed E-state index contributed by atoms with van der Waals surface area (Å²) in [7, 11) is 0. The van der Waals surface area contributed by atoms with Crippen LogP contribution in [0, 0.1) is 5.41 Å². The minimum Gasteiger partial charge on any atom is -0.480 e. The van der Waals surface area contributed by atoms with Gasteiger partial charge in [0.15, 0.2) is 0 Å². The lowest BCUT2D eigenvalue weighted by Crippen LogP contribution is -2.50. The fraction of sp³-hybridized carbons (Fsp3) is 0.455. The predicted molar refractivity (Wildman–Crippen MR) is 65.1 cm³/mol. The highest BCUT2D eigenvalue weighted by Gasteiger charge is 2.32. The highest BCUT2D eigenvalue weighted by atomic mass is 16.4. The van der Waals surface area contributed by atoms with E-state index in [1.165, 1.54) is 18.7 Å². The van der Waals surface area contributed by atoms with Crippen LogP contribution in [0.3, 0.4) is 0 Å². The van der Waals surface area contributed by atoms with Gasteiger partial charge in [-0.2, -0.15) is 0 Å². The van der Waals surface area contributed by atoms with Crippen LogP contribution in [-0.4, -0.2) is 33.1 Å². The second kappa shape index (κ2) is 5.44. The number of anilines is 1. The van der Waals surface area contributed by atoms with Crippen molar-refractivity contribution >= 4 is 17.7 Å². The first-order chi connectivity index (χ1) is 8.30.